The van der Waals surface area contributed by atoms with Gasteiger partial charge in [0, 0.05) is 18.7 Å². The average molecular weight is 437 g/mol. The van der Waals surface area contributed by atoms with Gasteiger partial charge in [-0.3, -0.25) is 9.88 Å². The van der Waals surface area contributed by atoms with Gasteiger partial charge in [0.05, 0.1) is 19.0 Å². The zero-order valence-electron chi connectivity index (χ0n) is 17.9. The first-order chi connectivity index (χ1) is 15.7. The van der Waals surface area contributed by atoms with Crippen LogP contribution in [0, 0.1) is 6.92 Å². The normalized spacial score (nSPS) is 13.8. The predicted molar refractivity (Wildman–Crippen MR) is 113 cm³/mol. The third kappa shape index (κ3) is 4.19. The Hall–Kier alpha value is -3.73. The molecule has 0 unspecified atom stereocenters. The number of nitrogens with zero attached hydrogens (tertiary/aromatic N) is 7. The van der Waals surface area contributed by atoms with E-state index in [1.165, 1.54) is 10.9 Å². The Bertz CT molecular complexity index is 1200. The van der Waals surface area contributed by atoms with E-state index in [0.717, 1.165) is 31.1 Å². The van der Waals surface area contributed by atoms with Crippen LogP contribution >= 0.6 is 0 Å². The lowest BCUT2D eigenvalue weighted by Gasteiger charge is -2.30. The van der Waals surface area contributed by atoms with Crippen molar-refractivity contribution in [1.29, 1.82) is 0 Å². The third-order valence-corrected chi connectivity index (χ3v) is 5.18. The maximum atomic E-state index is 5.90. The van der Waals surface area contributed by atoms with Crippen LogP contribution in [0.1, 0.15) is 17.9 Å². The molecule has 5 heterocycles. The highest BCUT2D eigenvalue weighted by Crippen LogP contribution is 2.28. The molecule has 5 rings (SSSR count). The molecule has 1 aliphatic heterocycles. The molecule has 166 valence electrons. The van der Waals surface area contributed by atoms with Gasteiger partial charge in [-0.05, 0) is 38.6 Å². The van der Waals surface area contributed by atoms with Crippen molar-refractivity contribution in [2.45, 2.75) is 20.0 Å². The van der Waals surface area contributed by atoms with E-state index in [-0.39, 0.29) is 12.5 Å². The Labute approximate surface area is 183 Å². The van der Waals surface area contributed by atoms with Crippen molar-refractivity contribution in [1.82, 2.24) is 34.9 Å². The molecule has 1 aliphatic rings. The van der Waals surface area contributed by atoms with Gasteiger partial charge in [0.1, 0.15) is 24.7 Å². The topological polar surface area (TPSA) is 113 Å². The molecular formula is C21H23N7O4. The third-order valence-electron chi connectivity index (χ3n) is 5.18. The van der Waals surface area contributed by atoms with Crippen LogP contribution in [0.5, 0.6) is 17.4 Å². The van der Waals surface area contributed by atoms with Crippen LogP contribution < -0.4 is 14.2 Å². The van der Waals surface area contributed by atoms with Crippen LogP contribution in [0.2, 0.25) is 0 Å². The maximum absolute atomic E-state index is 5.90. The van der Waals surface area contributed by atoms with Gasteiger partial charge < -0.3 is 18.7 Å². The van der Waals surface area contributed by atoms with Gasteiger partial charge in [-0.15, -0.1) is 15.3 Å². The number of aryl methyl sites for hydroxylation is 1. The number of fused-ring (bicyclic) bond motifs is 1. The fourth-order valence-corrected chi connectivity index (χ4v) is 3.30. The minimum atomic E-state index is 0.212. The number of aromatic nitrogens is 6. The van der Waals surface area contributed by atoms with Crippen molar-refractivity contribution < 1.29 is 18.7 Å². The second-order valence-electron chi connectivity index (χ2n) is 7.45. The van der Waals surface area contributed by atoms with Crippen LogP contribution in [0.4, 0.5) is 0 Å². The number of rotatable bonds is 9. The van der Waals surface area contributed by atoms with Gasteiger partial charge in [0.15, 0.2) is 17.1 Å². The van der Waals surface area contributed by atoms with Crippen molar-refractivity contribution >= 4 is 5.65 Å². The molecule has 0 atom stereocenters. The van der Waals surface area contributed by atoms with Gasteiger partial charge in [-0.25, -0.2) is 0 Å². The van der Waals surface area contributed by atoms with E-state index in [2.05, 4.69) is 30.3 Å². The summed E-state index contributed by atoms with van der Waals surface area (Å²) in [4.78, 5) is 6.77. The largest absolute Gasteiger partial charge is 0.491 e. The summed E-state index contributed by atoms with van der Waals surface area (Å²) >= 11 is 0. The molecule has 0 bridgehead atoms. The fourth-order valence-electron chi connectivity index (χ4n) is 3.30. The second kappa shape index (κ2) is 8.79. The zero-order valence-corrected chi connectivity index (χ0v) is 17.9. The lowest BCUT2D eigenvalue weighted by molar-refractivity contribution is 0.147. The Balaban J connectivity index is 1.27. The summed E-state index contributed by atoms with van der Waals surface area (Å²) < 4.78 is 23.7. The molecule has 4 aromatic rings. The summed E-state index contributed by atoms with van der Waals surface area (Å²) in [5.41, 5.74) is 1.77. The monoisotopic (exact) mass is 437 g/mol. The summed E-state index contributed by atoms with van der Waals surface area (Å²) in [5, 5.41) is 16.8. The van der Waals surface area contributed by atoms with Crippen molar-refractivity contribution in [3.63, 3.8) is 0 Å². The average Bonchev–Trinajstić information content (AvgIpc) is 3.39. The molecule has 4 aromatic heterocycles. The molecular weight excluding hydrogens is 414 g/mol. The van der Waals surface area contributed by atoms with Crippen LogP contribution in [-0.2, 0) is 6.61 Å². The van der Waals surface area contributed by atoms with Crippen molar-refractivity contribution in [2.75, 3.05) is 33.4 Å². The molecule has 0 radical (unpaired) electrons. The van der Waals surface area contributed by atoms with Gasteiger partial charge in [-0.2, -0.15) is 4.52 Å². The smallest absolute Gasteiger partial charge is 0.275 e. The number of methoxy groups -OCH3 is 1. The number of hydrogen-bond acceptors (Lipinski definition) is 10. The van der Waals surface area contributed by atoms with Crippen LogP contribution in [0.15, 0.2) is 35.0 Å². The molecule has 0 amide bonds. The van der Waals surface area contributed by atoms with Crippen molar-refractivity contribution in [3.8, 4) is 28.9 Å². The maximum Gasteiger partial charge on any atom is 0.275 e. The van der Waals surface area contributed by atoms with E-state index in [1.54, 1.807) is 32.4 Å². The van der Waals surface area contributed by atoms with Crippen LogP contribution in [0.3, 0.4) is 0 Å². The van der Waals surface area contributed by atoms with E-state index in [4.69, 9.17) is 18.7 Å². The molecule has 32 heavy (non-hydrogen) atoms. The lowest BCUT2D eigenvalue weighted by Crippen LogP contribution is -2.39. The minimum absolute atomic E-state index is 0.212. The predicted octanol–water partition coefficient (Wildman–Crippen LogP) is 2.15. The summed E-state index contributed by atoms with van der Waals surface area (Å²) in [6.45, 7) is 5.94. The van der Waals surface area contributed by atoms with Crippen molar-refractivity contribution in [2.24, 2.45) is 0 Å². The molecule has 0 aliphatic carbocycles. The molecule has 1 saturated heterocycles. The molecule has 11 nitrogen and oxygen atoms in total. The van der Waals surface area contributed by atoms with Crippen molar-refractivity contribution in [3.05, 3.63) is 41.9 Å². The first kappa shape index (κ1) is 20.2. The first-order valence-corrected chi connectivity index (χ1v) is 10.4. The van der Waals surface area contributed by atoms with E-state index >= 15 is 0 Å². The van der Waals surface area contributed by atoms with Gasteiger partial charge in [0.2, 0.25) is 5.82 Å². The number of likely N-dealkylation sites (tertiary alicyclic amines) is 1. The minimum Gasteiger partial charge on any atom is -0.491 e. The Morgan fingerprint density at radius 3 is 2.72 bits per heavy atom. The molecule has 0 saturated carbocycles. The van der Waals surface area contributed by atoms with Gasteiger partial charge >= 0.3 is 0 Å². The highest BCUT2D eigenvalue weighted by atomic mass is 16.5. The highest BCUT2D eigenvalue weighted by Gasteiger charge is 2.18. The number of ether oxygens (including phenoxy) is 3. The molecule has 0 spiro atoms. The Morgan fingerprint density at radius 1 is 1.12 bits per heavy atom. The number of hydrogen-bond donors (Lipinski definition) is 0. The summed E-state index contributed by atoms with van der Waals surface area (Å²) in [6.07, 6.45) is 2.98. The molecule has 0 N–H and O–H groups in total. The zero-order chi connectivity index (χ0) is 21.9. The Morgan fingerprint density at radius 2 is 2.03 bits per heavy atom. The van der Waals surface area contributed by atoms with E-state index in [1.807, 2.05) is 12.1 Å². The Kier molecular flexibility index (Phi) is 5.55. The SMILES string of the molecule is COc1cc2nnc(-c3cc(C)on3)n2nc1OCc1ccc(OCCN2CCC2)cn1. The fraction of sp³-hybridized carbons (Fsp3) is 0.381. The van der Waals surface area contributed by atoms with E-state index in [9.17, 15) is 0 Å². The number of pyridine rings is 1. The second-order valence-corrected chi connectivity index (χ2v) is 7.45. The standard InChI is InChI=1S/C21H23N7O4/c1-14-10-17(26-32-14)20-24-23-19-11-18(29-2)21(25-28(19)20)31-13-15-4-5-16(12-22-15)30-9-8-27-6-3-7-27/h4-5,10-12H,3,6-9,13H2,1-2H3. The van der Waals surface area contributed by atoms with Gasteiger partial charge in [-0.1, -0.05) is 5.16 Å². The highest BCUT2D eigenvalue weighted by molar-refractivity contribution is 5.56. The molecule has 0 aromatic carbocycles. The van der Waals surface area contributed by atoms with Gasteiger partial charge in [0.25, 0.3) is 5.88 Å². The summed E-state index contributed by atoms with van der Waals surface area (Å²) in [5.74, 6) is 2.59. The van der Waals surface area contributed by atoms with Crippen LogP contribution in [0.25, 0.3) is 17.2 Å². The van der Waals surface area contributed by atoms with Crippen LogP contribution in [-0.4, -0.2) is 68.2 Å². The summed E-state index contributed by atoms with van der Waals surface area (Å²) in [6, 6.07) is 7.22. The molecule has 11 heteroatoms. The van der Waals surface area contributed by atoms with E-state index < -0.39 is 0 Å². The lowest BCUT2D eigenvalue weighted by atomic mass is 10.2. The summed E-state index contributed by atoms with van der Waals surface area (Å²) in [7, 11) is 1.54. The first-order valence-electron chi connectivity index (χ1n) is 10.4. The van der Waals surface area contributed by atoms with E-state index in [0.29, 0.717) is 35.3 Å². The molecule has 1 fully saturated rings. The quantitative estimate of drug-likeness (QED) is 0.386.